The average molecular weight is 220 g/mol. The van der Waals surface area contributed by atoms with Crippen LogP contribution in [-0.2, 0) is 6.54 Å². The van der Waals surface area contributed by atoms with Crippen molar-refractivity contribution in [1.82, 2.24) is 10.3 Å². The van der Waals surface area contributed by atoms with E-state index in [0.29, 0.717) is 0 Å². The Labute approximate surface area is 96.9 Å². The third kappa shape index (κ3) is 2.60. The molecule has 0 radical (unpaired) electrons. The molecule has 16 heavy (non-hydrogen) atoms. The molecule has 1 heterocycles. The molecule has 0 saturated heterocycles. The zero-order valence-corrected chi connectivity index (χ0v) is 9.87. The largest absolute Gasteiger partial charge is 0.396 e. The summed E-state index contributed by atoms with van der Waals surface area (Å²) in [6.07, 6.45) is 6.39. The van der Waals surface area contributed by atoms with Crippen LogP contribution in [0.3, 0.4) is 0 Å². The summed E-state index contributed by atoms with van der Waals surface area (Å²) in [5, 5.41) is 12.6. The van der Waals surface area contributed by atoms with Crippen molar-refractivity contribution < 1.29 is 5.11 Å². The van der Waals surface area contributed by atoms with Crippen LogP contribution in [0.1, 0.15) is 36.9 Å². The maximum Gasteiger partial charge on any atom is 0.0542 e. The summed E-state index contributed by atoms with van der Waals surface area (Å²) in [6, 6.07) is 4.15. The number of hydrogen-bond donors (Lipinski definition) is 2. The first-order chi connectivity index (χ1) is 7.74. The normalized spacial score (nSPS) is 18.1. The summed E-state index contributed by atoms with van der Waals surface area (Å²) in [7, 11) is 0. The van der Waals surface area contributed by atoms with Gasteiger partial charge < -0.3 is 10.4 Å². The lowest BCUT2D eigenvalue weighted by atomic mass is 9.74. The van der Waals surface area contributed by atoms with Crippen LogP contribution < -0.4 is 5.32 Å². The van der Waals surface area contributed by atoms with Gasteiger partial charge >= 0.3 is 0 Å². The highest BCUT2D eigenvalue weighted by Crippen LogP contribution is 2.34. The number of nitrogens with zero attached hydrogens (tertiary/aromatic N) is 1. The van der Waals surface area contributed by atoms with E-state index in [0.717, 1.165) is 18.7 Å². The quantitative estimate of drug-likeness (QED) is 0.795. The van der Waals surface area contributed by atoms with Crippen LogP contribution in [0.15, 0.2) is 18.3 Å². The molecule has 0 aromatic carbocycles. The van der Waals surface area contributed by atoms with E-state index >= 15 is 0 Å². The first-order valence-corrected chi connectivity index (χ1v) is 6.02. The van der Waals surface area contributed by atoms with Gasteiger partial charge in [-0.15, -0.1) is 0 Å². The van der Waals surface area contributed by atoms with Gasteiger partial charge in [0.25, 0.3) is 0 Å². The van der Waals surface area contributed by atoms with Crippen LogP contribution in [0, 0.1) is 6.92 Å². The van der Waals surface area contributed by atoms with Gasteiger partial charge in [-0.2, -0.15) is 0 Å². The first kappa shape index (κ1) is 11.6. The number of rotatable bonds is 5. The lowest BCUT2D eigenvalue weighted by molar-refractivity contribution is 0.129. The number of aliphatic hydroxyl groups is 1. The number of pyridine rings is 1. The SMILES string of the molecule is Cc1ccc(CNC2(CCO)CCC2)nc1. The summed E-state index contributed by atoms with van der Waals surface area (Å²) < 4.78 is 0. The zero-order valence-electron chi connectivity index (χ0n) is 9.87. The molecule has 1 saturated carbocycles. The third-order valence-corrected chi connectivity index (χ3v) is 3.52. The minimum Gasteiger partial charge on any atom is -0.396 e. The lowest BCUT2D eigenvalue weighted by Crippen LogP contribution is -2.51. The number of hydrogen-bond acceptors (Lipinski definition) is 3. The van der Waals surface area contributed by atoms with Crippen molar-refractivity contribution in [2.75, 3.05) is 6.61 Å². The fourth-order valence-electron chi connectivity index (χ4n) is 2.21. The Balaban J connectivity index is 1.88. The maximum atomic E-state index is 9.04. The predicted octanol–water partition coefficient (Wildman–Crippen LogP) is 1.78. The van der Waals surface area contributed by atoms with Crippen LogP contribution in [0.5, 0.6) is 0 Å². The lowest BCUT2D eigenvalue weighted by Gasteiger charge is -2.42. The molecule has 0 amide bonds. The van der Waals surface area contributed by atoms with E-state index < -0.39 is 0 Å². The first-order valence-electron chi connectivity index (χ1n) is 6.02. The van der Waals surface area contributed by atoms with Gasteiger partial charge in [-0.25, -0.2) is 0 Å². The molecule has 0 aliphatic heterocycles. The molecule has 1 aromatic rings. The van der Waals surface area contributed by atoms with Crippen molar-refractivity contribution in [1.29, 1.82) is 0 Å². The molecule has 3 nitrogen and oxygen atoms in total. The molecular weight excluding hydrogens is 200 g/mol. The highest BCUT2D eigenvalue weighted by Gasteiger charge is 2.35. The van der Waals surface area contributed by atoms with Gasteiger partial charge in [0.1, 0.15) is 0 Å². The van der Waals surface area contributed by atoms with Crippen LogP contribution in [0.4, 0.5) is 0 Å². The summed E-state index contributed by atoms with van der Waals surface area (Å²) in [4.78, 5) is 4.37. The molecule has 1 aliphatic carbocycles. The topological polar surface area (TPSA) is 45.1 Å². The van der Waals surface area contributed by atoms with E-state index in [1.807, 2.05) is 13.1 Å². The van der Waals surface area contributed by atoms with Crippen LogP contribution in [-0.4, -0.2) is 22.2 Å². The van der Waals surface area contributed by atoms with Crippen molar-refractivity contribution in [3.63, 3.8) is 0 Å². The summed E-state index contributed by atoms with van der Waals surface area (Å²) in [5.41, 5.74) is 2.45. The Morgan fingerprint density at radius 1 is 1.44 bits per heavy atom. The zero-order chi connectivity index (χ0) is 11.4. The third-order valence-electron chi connectivity index (χ3n) is 3.52. The number of nitrogens with one attached hydrogen (secondary N) is 1. The number of aryl methyl sites for hydroxylation is 1. The molecule has 1 aromatic heterocycles. The molecule has 0 unspecified atom stereocenters. The second kappa shape index (κ2) is 4.93. The minimum atomic E-state index is 0.182. The van der Waals surface area contributed by atoms with Crippen LogP contribution >= 0.6 is 0 Å². The van der Waals surface area contributed by atoms with Gasteiger partial charge in [0.15, 0.2) is 0 Å². The van der Waals surface area contributed by atoms with Gasteiger partial charge in [-0.3, -0.25) is 4.98 Å². The molecule has 88 valence electrons. The summed E-state index contributed by atoms with van der Waals surface area (Å²) in [5.74, 6) is 0. The molecule has 0 atom stereocenters. The van der Waals surface area contributed by atoms with E-state index in [2.05, 4.69) is 22.4 Å². The van der Waals surface area contributed by atoms with E-state index in [-0.39, 0.29) is 12.1 Å². The molecule has 3 heteroatoms. The van der Waals surface area contributed by atoms with Gasteiger partial charge in [0.05, 0.1) is 5.69 Å². The molecular formula is C13H20N2O. The fourth-order valence-corrected chi connectivity index (χ4v) is 2.21. The van der Waals surface area contributed by atoms with Gasteiger partial charge in [0, 0.05) is 24.9 Å². The highest BCUT2D eigenvalue weighted by molar-refractivity contribution is 5.12. The van der Waals surface area contributed by atoms with Crippen molar-refractivity contribution in [2.45, 2.75) is 44.7 Å². The van der Waals surface area contributed by atoms with E-state index in [1.165, 1.54) is 24.8 Å². The van der Waals surface area contributed by atoms with E-state index in [9.17, 15) is 0 Å². The van der Waals surface area contributed by atoms with Crippen molar-refractivity contribution in [3.8, 4) is 0 Å². The second-order valence-electron chi connectivity index (χ2n) is 4.79. The molecule has 0 spiro atoms. The summed E-state index contributed by atoms with van der Waals surface area (Å²) in [6.45, 7) is 3.12. The molecule has 2 N–H and O–H groups in total. The predicted molar refractivity (Wildman–Crippen MR) is 64.1 cm³/mol. The van der Waals surface area contributed by atoms with Gasteiger partial charge in [0.2, 0.25) is 0 Å². The number of aromatic nitrogens is 1. The fraction of sp³-hybridized carbons (Fsp3) is 0.615. The smallest absolute Gasteiger partial charge is 0.0542 e. The van der Waals surface area contributed by atoms with Crippen molar-refractivity contribution in [3.05, 3.63) is 29.6 Å². The average Bonchev–Trinajstić information content (AvgIpc) is 2.24. The highest BCUT2D eigenvalue weighted by atomic mass is 16.3. The Kier molecular flexibility index (Phi) is 3.56. The Hall–Kier alpha value is -0.930. The Morgan fingerprint density at radius 2 is 2.25 bits per heavy atom. The standard InChI is InChI=1S/C13H20N2O/c1-11-3-4-12(14-9-11)10-15-13(7-8-16)5-2-6-13/h3-4,9,15-16H,2,5-8,10H2,1H3. The maximum absolute atomic E-state index is 9.04. The molecule has 0 bridgehead atoms. The monoisotopic (exact) mass is 220 g/mol. The van der Waals surface area contributed by atoms with E-state index in [1.54, 1.807) is 0 Å². The van der Waals surface area contributed by atoms with Crippen LogP contribution in [0.25, 0.3) is 0 Å². The Bertz CT molecular complexity index is 330. The Morgan fingerprint density at radius 3 is 2.75 bits per heavy atom. The van der Waals surface area contributed by atoms with Crippen LogP contribution in [0.2, 0.25) is 0 Å². The summed E-state index contributed by atoms with van der Waals surface area (Å²) >= 11 is 0. The number of aliphatic hydroxyl groups excluding tert-OH is 1. The minimum absolute atomic E-state index is 0.182. The van der Waals surface area contributed by atoms with Crippen molar-refractivity contribution in [2.24, 2.45) is 0 Å². The molecule has 1 fully saturated rings. The molecule has 1 aliphatic rings. The molecule has 2 rings (SSSR count). The van der Waals surface area contributed by atoms with Gasteiger partial charge in [-0.1, -0.05) is 6.07 Å². The van der Waals surface area contributed by atoms with E-state index in [4.69, 9.17) is 5.11 Å². The van der Waals surface area contributed by atoms with Crippen molar-refractivity contribution >= 4 is 0 Å². The van der Waals surface area contributed by atoms with Gasteiger partial charge in [-0.05, 0) is 44.2 Å². The second-order valence-corrected chi connectivity index (χ2v) is 4.79.